The predicted molar refractivity (Wildman–Crippen MR) is 77.0 cm³/mol. The molecule has 1 rings (SSSR count). The molecular weight excluding hydrogens is 225 g/mol. The highest BCUT2D eigenvalue weighted by Gasteiger charge is 2.09. The van der Waals surface area contributed by atoms with Crippen LogP contribution in [0.1, 0.15) is 44.2 Å². The smallest absolute Gasteiger partial charge is 0.175 e. The minimum Gasteiger partial charge on any atom is -0.296 e. The Labute approximate surface area is 109 Å². The van der Waals surface area contributed by atoms with Crippen molar-refractivity contribution >= 4 is 6.08 Å². The van der Waals surface area contributed by atoms with Crippen molar-refractivity contribution in [1.82, 2.24) is 0 Å². The fraction of sp³-hybridized carbons (Fsp3) is 0.375. The molecule has 18 heavy (non-hydrogen) atoms. The zero-order valence-electron chi connectivity index (χ0n) is 11.4. The number of allylic oxidation sites excluding steroid dienone is 1. The SMILES string of the molecule is C=C(C)CC(C)c1ccc(/C=C\C(C)(N)F)cc1. The van der Waals surface area contributed by atoms with E-state index >= 15 is 0 Å². The quantitative estimate of drug-likeness (QED) is 0.605. The van der Waals surface area contributed by atoms with Crippen LogP contribution in [0.5, 0.6) is 0 Å². The first-order chi connectivity index (χ1) is 8.28. The average molecular weight is 247 g/mol. The predicted octanol–water partition coefficient (Wildman–Crippen LogP) is 4.41. The lowest BCUT2D eigenvalue weighted by Crippen LogP contribution is -2.26. The zero-order valence-corrected chi connectivity index (χ0v) is 11.4. The van der Waals surface area contributed by atoms with Gasteiger partial charge in [-0.25, -0.2) is 4.39 Å². The van der Waals surface area contributed by atoms with Crippen LogP contribution in [0.4, 0.5) is 4.39 Å². The van der Waals surface area contributed by atoms with E-state index in [1.807, 2.05) is 19.1 Å². The van der Waals surface area contributed by atoms with Crippen LogP contribution in [0.25, 0.3) is 6.08 Å². The van der Waals surface area contributed by atoms with Gasteiger partial charge in [-0.05, 0) is 43.4 Å². The fourth-order valence-corrected chi connectivity index (χ4v) is 1.84. The lowest BCUT2D eigenvalue weighted by Gasteiger charge is -2.12. The van der Waals surface area contributed by atoms with Gasteiger partial charge in [0.25, 0.3) is 0 Å². The molecule has 1 aromatic carbocycles. The van der Waals surface area contributed by atoms with Gasteiger partial charge in [0.15, 0.2) is 5.79 Å². The maximum absolute atomic E-state index is 13.1. The number of halogens is 1. The van der Waals surface area contributed by atoms with Crippen molar-refractivity contribution in [1.29, 1.82) is 0 Å². The Hall–Kier alpha value is -1.41. The van der Waals surface area contributed by atoms with Crippen LogP contribution in [-0.2, 0) is 0 Å². The van der Waals surface area contributed by atoms with E-state index in [1.54, 1.807) is 6.08 Å². The molecule has 1 nitrogen and oxygen atoms in total. The molecule has 0 saturated carbocycles. The third kappa shape index (κ3) is 5.28. The van der Waals surface area contributed by atoms with Gasteiger partial charge in [0.2, 0.25) is 0 Å². The van der Waals surface area contributed by atoms with Crippen molar-refractivity contribution in [2.75, 3.05) is 0 Å². The first-order valence-corrected chi connectivity index (χ1v) is 6.19. The van der Waals surface area contributed by atoms with Crippen LogP contribution in [-0.4, -0.2) is 5.79 Å². The highest BCUT2D eigenvalue weighted by molar-refractivity contribution is 5.51. The van der Waals surface area contributed by atoms with Crippen molar-refractivity contribution in [3.8, 4) is 0 Å². The van der Waals surface area contributed by atoms with Crippen molar-refractivity contribution in [2.24, 2.45) is 5.73 Å². The van der Waals surface area contributed by atoms with Crippen LogP contribution in [0.2, 0.25) is 0 Å². The zero-order chi connectivity index (χ0) is 13.8. The molecule has 2 unspecified atom stereocenters. The summed E-state index contributed by atoms with van der Waals surface area (Å²) in [6, 6.07) is 8.09. The summed E-state index contributed by atoms with van der Waals surface area (Å²) in [5, 5.41) is 0. The number of hydrogen-bond donors (Lipinski definition) is 1. The van der Waals surface area contributed by atoms with Gasteiger partial charge >= 0.3 is 0 Å². The van der Waals surface area contributed by atoms with Gasteiger partial charge < -0.3 is 0 Å². The van der Waals surface area contributed by atoms with Crippen molar-refractivity contribution in [3.05, 3.63) is 53.6 Å². The first-order valence-electron chi connectivity index (χ1n) is 6.19. The van der Waals surface area contributed by atoms with Crippen LogP contribution in [0.15, 0.2) is 42.5 Å². The molecule has 0 radical (unpaired) electrons. The maximum atomic E-state index is 13.1. The van der Waals surface area contributed by atoms with Crippen LogP contribution < -0.4 is 5.73 Å². The second-order valence-electron chi connectivity index (χ2n) is 5.21. The molecule has 0 aliphatic heterocycles. The molecule has 2 heteroatoms. The minimum atomic E-state index is -1.76. The van der Waals surface area contributed by atoms with E-state index < -0.39 is 5.79 Å². The molecule has 98 valence electrons. The molecule has 1 aromatic rings. The Balaban J connectivity index is 2.74. The number of hydrogen-bond acceptors (Lipinski definition) is 1. The Morgan fingerprint density at radius 2 is 2.00 bits per heavy atom. The number of nitrogens with two attached hydrogens (primary N) is 1. The van der Waals surface area contributed by atoms with Gasteiger partial charge in [-0.3, -0.25) is 5.73 Å². The third-order valence-electron chi connectivity index (χ3n) is 2.76. The molecule has 0 aromatic heterocycles. The highest BCUT2D eigenvalue weighted by Crippen LogP contribution is 2.22. The molecule has 0 fully saturated rings. The largest absolute Gasteiger partial charge is 0.296 e. The summed E-state index contributed by atoms with van der Waals surface area (Å²) in [6.07, 6.45) is 4.05. The summed E-state index contributed by atoms with van der Waals surface area (Å²) in [6.45, 7) is 9.47. The topological polar surface area (TPSA) is 26.0 Å². The van der Waals surface area contributed by atoms with Crippen molar-refractivity contribution in [3.63, 3.8) is 0 Å². The lowest BCUT2D eigenvalue weighted by atomic mass is 9.94. The van der Waals surface area contributed by atoms with E-state index in [2.05, 4.69) is 25.6 Å². The molecule has 0 heterocycles. The fourth-order valence-electron chi connectivity index (χ4n) is 1.84. The van der Waals surface area contributed by atoms with Crippen LogP contribution in [0, 0.1) is 0 Å². The van der Waals surface area contributed by atoms with E-state index in [-0.39, 0.29) is 0 Å². The standard InChI is InChI=1S/C16H22FN/c1-12(2)11-13(3)15-7-5-14(6-8-15)9-10-16(4,17)18/h5-10,13H,1,11,18H2,2-4H3/b10-9-. The molecule has 0 aliphatic carbocycles. The molecule has 2 atom stereocenters. The molecule has 0 aliphatic rings. The summed E-state index contributed by atoms with van der Waals surface area (Å²) in [5.74, 6) is -1.30. The van der Waals surface area contributed by atoms with Gasteiger partial charge in [-0.1, -0.05) is 42.8 Å². The van der Waals surface area contributed by atoms with Gasteiger partial charge in [-0.2, -0.15) is 0 Å². The minimum absolute atomic E-state index is 0.460. The lowest BCUT2D eigenvalue weighted by molar-refractivity contribution is 0.270. The summed E-state index contributed by atoms with van der Waals surface area (Å²) in [7, 11) is 0. The number of alkyl halides is 1. The van der Waals surface area contributed by atoms with E-state index in [0.29, 0.717) is 5.92 Å². The first kappa shape index (κ1) is 14.7. The Morgan fingerprint density at radius 3 is 2.44 bits per heavy atom. The van der Waals surface area contributed by atoms with Gasteiger partial charge in [0.1, 0.15) is 0 Å². The van der Waals surface area contributed by atoms with Crippen molar-refractivity contribution in [2.45, 2.75) is 38.9 Å². The summed E-state index contributed by atoms with van der Waals surface area (Å²) < 4.78 is 13.1. The van der Waals surface area contributed by atoms with E-state index in [0.717, 1.165) is 12.0 Å². The number of rotatable bonds is 5. The second kappa shape index (κ2) is 5.96. The highest BCUT2D eigenvalue weighted by atomic mass is 19.1. The van der Waals surface area contributed by atoms with Crippen molar-refractivity contribution < 1.29 is 4.39 Å². The molecule has 2 N–H and O–H groups in total. The van der Waals surface area contributed by atoms with Gasteiger partial charge in [0, 0.05) is 0 Å². The molecule has 0 saturated heterocycles. The molecule has 0 amide bonds. The van der Waals surface area contributed by atoms with Gasteiger partial charge in [-0.15, -0.1) is 6.58 Å². The Bertz CT molecular complexity index is 423. The Kier molecular flexibility index (Phi) is 4.85. The number of benzene rings is 1. The summed E-state index contributed by atoms with van der Waals surface area (Å²) in [4.78, 5) is 0. The summed E-state index contributed by atoms with van der Waals surface area (Å²) >= 11 is 0. The van der Waals surface area contributed by atoms with E-state index in [1.165, 1.54) is 24.1 Å². The Morgan fingerprint density at radius 1 is 1.44 bits per heavy atom. The molecule has 0 bridgehead atoms. The average Bonchev–Trinajstić information content (AvgIpc) is 2.25. The van der Waals surface area contributed by atoms with Gasteiger partial charge in [0.05, 0.1) is 0 Å². The van der Waals surface area contributed by atoms with E-state index in [4.69, 9.17) is 5.73 Å². The van der Waals surface area contributed by atoms with Crippen LogP contribution in [0.3, 0.4) is 0 Å². The molecule has 0 spiro atoms. The second-order valence-corrected chi connectivity index (χ2v) is 5.21. The monoisotopic (exact) mass is 247 g/mol. The summed E-state index contributed by atoms with van der Waals surface area (Å²) in [5.41, 5.74) is 8.66. The van der Waals surface area contributed by atoms with Crippen LogP contribution >= 0.6 is 0 Å². The van der Waals surface area contributed by atoms with E-state index in [9.17, 15) is 4.39 Å². The third-order valence-corrected chi connectivity index (χ3v) is 2.76. The normalized spacial score (nSPS) is 16.5. The maximum Gasteiger partial charge on any atom is 0.175 e. The molecular formula is C16H22FN.